The zero-order valence-electron chi connectivity index (χ0n) is 10.3. The summed E-state index contributed by atoms with van der Waals surface area (Å²) in [5.41, 5.74) is 5.10. The number of rotatable bonds is 4. The fourth-order valence-electron chi connectivity index (χ4n) is 1.44. The Kier molecular flexibility index (Phi) is 4.55. The summed E-state index contributed by atoms with van der Waals surface area (Å²) in [5.74, 6) is 0.535. The molecule has 102 valence electrons. The molecule has 1 aromatic rings. The van der Waals surface area contributed by atoms with Gasteiger partial charge in [-0.2, -0.15) is 13.2 Å². The van der Waals surface area contributed by atoms with Crippen molar-refractivity contribution >= 4 is 10.8 Å². The van der Waals surface area contributed by atoms with Crippen LogP contribution < -0.4 is 5.73 Å². The Morgan fingerprint density at radius 1 is 1.17 bits per heavy atom. The van der Waals surface area contributed by atoms with Gasteiger partial charge in [-0.15, -0.1) is 0 Å². The second-order valence-electron chi connectivity index (χ2n) is 4.91. The van der Waals surface area contributed by atoms with Crippen LogP contribution in [0.4, 0.5) is 13.2 Å². The smallest absolute Gasteiger partial charge is 0.325 e. The summed E-state index contributed by atoms with van der Waals surface area (Å²) in [6.07, 6.45) is -4.34. The van der Waals surface area contributed by atoms with Gasteiger partial charge < -0.3 is 5.73 Å². The van der Waals surface area contributed by atoms with Crippen molar-refractivity contribution in [3.63, 3.8) is 0 Å². The third-order valence-corrected chi connectivity index (χ3v) is 3.86. The van der Waals surface area contributed by atoms with E-state index in [1.165, 1.54) is 12.1 Å². The highest BCUT2D eigenvalue weighted by molar-refractivity contribution is 7.84. The minimum absolute atomic E-state index is 0.221. The molecule has 1 unspecified atom stereocenters. The number of alkyl halides is 3. The average molecular weight is 279 g/mol. The van der Waals surface area contributed by atoms with E-state index in [4.69, 9.17) is 5.73 Å². The highest BCUT2D eigenvalue weighted by atomic mass is 32.2. The fourth-order valence-corrected chi connectivity index (χ4v) is 2.94. The summed E-state index contributed by atoms with van der Waals surface area (Å²) in [6.45, 7) is 3.52. The van der Waals surface area contributed by atoms with Gasteiger partial charge in [-0.3, -0.25) is 4.21 Å². The maximum Gasteiger partial charge on any atom is 0.416 e. The Morgan fingerprint density at radius 2 is 1.67 bits per heavy atom. The van der Waals surface area contributed by atoms with Crippen molar-refractivity contribution in [1.82, 2.24) is 0 Å². The second kappa shape index (κ2) is 5.40. The van der Waals surface area contributed by atoms with E-state index in [1.54, 1.807) is 13.8 Å². The molecule has 0 aliphatic heterocycles. The highest BCUT2D eigenvalue weighted by Gasteiger charge is 2.30. The number of benzene rings is 1. The Morgan fingerprint density at radius 3 is 2.06 bits per heavy atom. The van der Waals surface area contributed by atoms with Crippen LogP contribution in [0.3, 0.4) is 0 Å². The summed E-state index contributed by atoms with van der Waals surface area (Å²) in [5, 5.41) is 0. The molecule has 0 spiro atoms. The van der Waals surface area contributed by atoms with Crippen molar-refractivity contribution in [3.8, 4) is 0 Å². The maximum atomic E-state index is 12.3. The molecule has 2 N–H and O–H groups in total. The Labute approximate surface area is 107 Å². The first kappa shape index (κ1) is 15.2. The molecule has 0 saturated heterocycles. The molecule has 6 heteroatoms. The van der Waals surface area contributed by atoms with Crippen LogP contribution in [0, 0.1) is 0 Å². The second-order valence-corrected chi connectivity index (χ2v) is 6.37. The SMILES string of the molecule is CC(C)(N)CS(=O)Cc1ccc(C(F)(F)F)cc1. The van der Waals surface area contributed by atoms with Crippen molar-refractivity contribution in [3.05, 3.63) is 35.4 Å². The van der Waals surface area contributed by atoms with Gasteiger partial charge in [-0.1, -0.05) is 12.1 Å². The molecule has 0 aliphatic carbocycles. The first-order valence-corrected chi connectivity index (χ1v) is 6.87. The molecule has 1 aromatic carbocycles. The van der Waals surface area contributed by atoms with E-state index in [-0.39, 0.29) is 5.75 Å². The molecule has 0 saturated carbocycles. The van der Waals surface area contributed by atoms with Crippen molar-refractivity contribution in [2.24, 2.45) is 5.73 Å². The van der Waals surface area contributed by atoms with Gasteiger partial charge in [0.1, 0.15) is 0 Å². The molecule has 0 radical (unpaired) electrons. The molecule has 1 rings (SSSR count). The lowest BCUT2D eigenvalue weighted by molar-refractivity contribution is -0.137. The van der Waals surface area contributed by atoms with Crippen molar-refractivity contribution in [2.75, 3.05) is 5.75 Å². The fraction of sp³-hybridized carbons (Fsp3) is 0.500. The lowest BCUT2D eigenvalue weighted by Crippen LogP contribution is -2.38. The van der Waals surface area contributed by atoms with Crippen molar-refractivity contribution in [2.45, 2.75) is 31.3 Å². The first-order valence-electron chi connectivity index (χ1n) is 5.38. The van der Waals surface area contributed by atoms with Crippen LogP contribution in [0.5, 0.6) is 0 Å². The molecule has 0 aliphatic rings. The van der Waals surface area contributed by atoms with E-state index in [0.29, 0.717) is 11.3 Å². The lowest BCUT2D eigenvalue weighted by atomic mass is 10.1. The zero-order valence-corrected chi connectivity index (χ0v) is 11.1. The minimum atomic E-state index is -4.34. The van der Waals surface area contributed by atoms with Crippen LogP contribution in [0.15, 0.2) is 24.3 Å². The summed E-state index contributed by atoms with van der Waals surface area (Å²) >= 11 is 0. The summed E-state index contributed by atoms with van der Waals surface area (Å²) in [6, 6.07) is 4.70. The molecule has 0 amide bonds. The van der Waals surface area contributed by atoms with Crippen LogP contribution >= 0.6 is 0 Å². The molecule has 2 nitrogen and oxygen atoms in total. The molecular formula is C12H16F3NOS. The van der Waals surface area contributed by atoms with Crippen LogP contribution in [0.2, 0.25) is 0 Å². The van der Waals surface area contributed by atoms with E-state index >= 15 is 0 Å². The predicted molar refractivity (Wildman–Crippen MR) is 66.4 cm³/mol. The Balaban J connectivity index is 2.67. The molecule has 0 bridgehead atoms. The van der Waals surface area contributed by atoms with Gasteiger partial charge in [0.15, 0.2) is 0 Å². The first-order chi connectivity index (χ1) is 8.08. The number of hydrogen-bond donors (Lipinski definition) is 1. The summed E-state index contributed by atoms with van der Waals surface area (Å²) in [4.78, 5) is 0. The van der Waals surface area contributed by atoms with Gasteiger partial charge in [0.25, 0.3) is 0 Å². The van der Waals surface area contributed by atoms with Gasteiger partial charge in [0, 0.05) is 27.8 Å². The number of nitrogens with two attached hydrogens (primary N) is 1. The normalized spacial score (nSPS) is 14.6. The topological polar surface area (TPSA) is 43.1 Å². The van der Waals surface area contributed by atoms with Gasteiger partial charge in [0.05, 0.1) is 5.56 Å². The lowest BCUT2D eigenvalue weighted by Gasteiger charge is -2.17. The minimum Gasteiger partial charge on any atom is -0.325 e. The standard InChI is InChI=1S/C12H16F3NOS/c1-11(2,16)8-18(17)7-9-3-5-10(6-4-9)12(13,14)15/h3-6H,7-8,16H2,1-2H3. The van der Waals surface area contributed by atoms with Crippen LogP contribution in [0.1, 0.15) is 25.0 Å². The average Bonchev–Trinajstić information content (AvgIpc) is 2.13. The summed E-state index contributed by atoms with van der Waals surface area (Å²) < 4.78 is 48.7. The molecule has 18 heavy (non-hydrogen) atoms. The molecule has 0 fully saturated rings. The van der Waals surface area contributed by atoms with Gasteiger partial charge in [-0.05, 0) is 31.5 Å². The third kappa shape index (κ3) is 5.18. The van der Waals surface area contributed by atoms with Crippen LogP contribution in [-0.4, -0.2) is 15.5 Å². The molecule has 0 aromatic heterocycles. The van der Waals surface area contributed by atoms with Crippen LogP contribution in [-0.2, 0) is 22.7 Å². The Bertz CT molecular complexity index is 420. The Hall–Kier alpha value is -0.880. The number of halogens is 3. The van der Waals surface area contributed by atoms with E-state index in [1.807, 2.05) is 0 Å². The van der Waals surface area contributed by atoms with Gasteiger partial charge in [-0.25, -0.2) is 0 Å². The highest BCUT2D eigenvalue weighted by Crippen LogP contribution is 2.29. The molecule has 1 atom stereocenters. The number of hydrogen-bond acceptors (Lipinski definition) is 2. The molecule has 0 heterocycles. The monoisotopic (exact) mass is 279 g/mol. The van der Waals surface area contributed by atoms with Gasteiger partial charge in [0.2, 0.25) is 0 Å². The zero-order chi connectivity index (χ0) is 14.0. The summed E-state index contributed by atoms with van der Waals surface area (Å²) in [7, 11) is -1.17. The predicted octanol–water partition coefficient (Wildman–Crippen LogP) is 2.69. The quantitative estimate of drug-likeness (QED) is 0.921. The van der Waals surface area contributed by atoms with E-state index < -0.39 is 28.1 Å². The van der Waals surface area contributed by atoms with Crippen molar-refractivity contribution in [1.29, 1.82) is 0 Å². The van der Waals surface area contributed by atoms with E-state index in [0.717, 1.165) is 12.1 Å². The molecular weight excluding hydrogens is 263 g/mol. The van der Waals surface area contributed by atoms with Crippen molar-refractivity contribution < 1.29 is 17.4 Å². The maximum absolute atomic E-state index is 12.3. The van der Waals surface area contributed by atoms with Gasteiger partial charge >= 0.3 is 6.18 Å². The van der Waals surface area contributed by atoms with Crippen LogP contribution in [0.25, 0.3) is 0 Å². The third-order valence-electron chi connectivity index (χ3n) is 2.14. The van der Waals surface area contributed by atoms with E-state index in [9.17, 15) is 17.4 Å². The van der Waals surface area contributed by atoms with E-state index in [2.05, 4.69) is 0 Å². The largest absolute Gasteiger partial charge is 0.416 e.